The molecule has 1 heterocycles. The minimum absolute atomic E-state index is 0.122. The van der Waals surface area contributed by atoms with E-state index in [0.717, 1.165) is 30.3 Å². The van der Waals surface area contributed by atoms with E-state index in [-0.39, 0.29) is 23.5 Å². The summed E-state index contributed by atoms with van der Waals surface area (Å²) >= 11 is 0. The molecule has 3 rings (SSSR count). The molecular formula is C19H16F5N5O. The van der Waals surface area contributed by atoms with E-state index in [1.807, 2.05) is 0 Å². The largest absolute Gasteiger partial charge is 0.416 e. The number of nitrogens with one attached hydrogen (secondary N) is 2. The number of alkyl halides is 3. The van der Waals surface area contributed by atoms with Gasteiger partial charge in [-0.05, 0) is 31.2 Å². The van der Waals surface area contributed by atoms with Crippen molar-refractivity contribution >= 4 is 11.6 Å². The van der Waals surface area contributed by atoms with Crippen molar-refractivity contribution in [3.8, 4) is 5.69 Å². The van der Waals surface area contributed by atoms with Gasteiger partial charge in [-0.25, -0.2) is 18.4 Å². The fourth-order valence-corrected chi connectivity index (χ4v) is 2.75. The molecule has 30 heavy (non-hydrogen) atoms. The van der Waals surface area contributed by atoms with Gasteiger partial charge in [0.1, 0.15) is 24.3 Å². The molecule has 11 heteroatoms. The van der Waals surface area contributed by atoms with Crippen molar-refractivity contribution in [3.63, 3.8) is 0 Å². The van der Waals surface area contributed by atoms with Gasteiger partial charge in [0.15, 0.2) is 0 Å². The predicted molar refractivity (Wildman–Crippen MR) is 97.8 cm³/mol. The molecular weight excluding hydrogens is 409 g/mol. The van der Waals surface area contributed by atoms with Gasteiger partial charge in [-0.3, -0.25) is 4.79 Å². The third-order valence-electron chi connectivity index (χ3n) is 4.26. The predicted octanol–water partition coefficient (Wildman–Crippen LogP) is 3.85. The van der Waals surface area contributed by atoms with Crippen molar-refractivity contribution in [2.24, 2.45) is 0 Å². The Bertz CT molecular complexity index is 1040. The van der Waals surface area contributed by atoms with Crippen molar-refractivity contribution in [2.75, 3.05) is 11.9 Å². The summed E-state index contributed by atoms with van der Waals surface area (Å²) in [5.74, 6) is -2.17. The number of benzene rings is 2. The molecule has 6 nitrogen and oxygen atoms in total. The first-order valence-corrected chi connectivity index (χ1v) is 8.69. The van der Waals surface area contributed by atoms with Gasteiger partial charge in [-0.1, -0.05) is 6.07 Å². The van der Waals surface area contributed by atoms with Crippen molar-refractivity contribution in [1.29, 1.82) is 0 Å². The molecule has 0 aliphatic carbocycles. The maximum Gasteiger partial charge on any atom is 0.416 e. The summed E-state index contributed by atoms with van der Waals surface area (Å²) in [5, 5.41) is 9.01. The molecule has 0 radical (unpaired) electrons. The topological polar surface area (TPSA) is 71.8 Å². The first kappa shape index (κ1) is 21.4. The van der Waals surface area contributed by atoms with E-state index in [1.54, 1.807) is 6.92 Å². The standard InChI is InChI=1S/C19H16F5N5O/c1-11(14-4-3-13(20)7-15(14)21)26-8-18(30)28-16-6-12(19(22,23)24)2-5-17(16)29-10-25-9-27-29/h2-7,9-11,26H,8H2,1H3,(H,28,30)/t11-/m0/s1. The van der Waals surface area contributed by atoms with E-state index < -0.39 is 35.3 Å². The highest BCUT2D eigenvalue weighted by molar-refractivity contribution is 5.94. The van der Waals surface area contributed by atoms with Gasteiger partial charge in [-0.15, -0.1) is 0 Å². The molecule has 0 fully saturated rings. The second-order valence-corrected chi connectivity index (χ2v) is 6.39. The molecule has 1 atom stereocenters. The van der Waals surface area contributed by atoms with Crippen LogP contribution >= 0.6 is 0 Å². The molecule has 2 N–H and O–H groups in total. The van der Waals surface area contributed by atoms with Crippen LogP contribution in [-0.2, 0) is 11.0 Å². The summed E-state index contributed by atoms with van der Waals surface area (Å²) in [6.45, 7) is 1.24. The minimum Gasteiger partial charge on any atom is -0.323 e. The molecule has 0 spiro atoms. The van der Waals surface area contributed by atoms with E-state index in [4.69, 9.17) is 0 Å². The third-order valence-corrected chi connectivity index (χ3v) is 4.26. The maximum absolute atomic E-state index is 13.8. The normalized spacial score (nSPS) is 12.6. The number of carbonyl (C=O) groups is 1. The number of nitrogens with zero attached hydrogens (tertiary/aromatic N) is 3. The van der Waals surface area contributed by atoms with E-state index in [2.05, 4.69) is 20.7 Å². The van der Waals surface area contributed by atoms with Gasteiger partial charge in [0, 0.05) is 17.7 Å². The zero-order valence-electron chi connectivity index (χ0n) is 15.5. The second kappa shape index (κ2) is 8.57. The molecule has 3 aromatic rings. The average molecular weight is 425 g/mol. The quantitative estimate of drug-likeness (QED) is 0.589. The lowest BCUT2D eigenvalue weighted by Crippen LogP contribution is -2.31. The van der Waals surface area contributed by atoms with E-state index in [9.17, 15) is 26.7 Å². The number of carbonyl (C=O) groups excluding carboxylic acids is 1. The lowest BCUT2D eigenvalue weighted by molar-refractivity contribution is -0.137. The van der Waals surface area contributed by atoms with Gasteiger partial charge in [0.05, 0.1) is 23.5 Å². The smallest absolute Gasteiger partial charge is 0.323 e. The van der Waals surface area contributed by atoms with Crippen molar-refractivity contribution in [1.82, 2.24) is 20.1 Å². The summed E-state index contributed by atoms with van der Waals surface area (Å²) in [4.78, 5) is 16.1. The third kappa shape index (κ3) is 4.98. The van der Waals surface area contributed by atoms with Crippen LogP contribution in [0.1, 0.15) is 24.1 Å². The average Bonchev–Trinajstić information content (AvgIpc) is 3.20. The maximum atomic E-state index is 13.8. The monoisotopic (exact) mass is 425 g/mol. The van der Waals surface area contributed by atoms with E-state index in [0.29, 0.717) is 0 Å². The summed E-state index contributed by atoms with van der Waals surface area (Å²) < 4.78 is 67.3. The first-order valence-electron chi connectivity index (χ1n) is 8.69. The molecule has 0 bridgehead atoms. The second-order valence-electron chi connectivity index (χ2n) is 6.39. The van der Waals surface area contributed by atoms with Crippen molar-refractivity contribution in [3.05, 3.63) is 71.8 Å². The van der Waals surface area contributed by atoms with Crippen LogP contribution < -0.4 is 10.6 Å². The Hall–Kier alpha value is -3.34. The minimum atomic E-state index is -4.60. The van der Waals surface area contributed by atoms with E-state index in [1.165, 1.54) is 23.4 Å². The van der Waals surface area contributed by atoms with Crippen LogP contribution in [0.25, 0.3) is 5.69 Å². The van der Waals surface area contributed by atoms with Crippen LogP contribution in [0.3, 0.4) is 0 Å². The Labute approximate surface area is 167 Å². The molecule has 1 amide bonds. The van der Waals surface area contributed by atoms with E-state index >= 15 is 0 Å². The van der Waals surface area contributed by atoms with Gasteiger partial charge in [0.2, 0.25) is 5.91 Å². The number of hydrogen-bond acceptors (Lipinski definition) is 4. The number of amides is 1. The zero-order chi connectivity index (χ0) is 21.9. The summed E-state index contributed by atoms with van der Waals surface area (Å²) in [6.07, 6.45) is -2.13. The molecule has 2 aromatic carbocycles. The molecule has 1 aromatic heterocycles. The van der Waals surface area contributed by atoms with Crippen molar-refractivity contribution in [2.45, 2.75) is 19.1 Å². The molecule has 158 valence electrons. The fraction of sp³-hybridized carbons (Fsp3) is 0.211. The Morgan fingerprint density at radius 3 is 2.57 bits per heavy atom. The molecule has 0 unspecified atom stereocenters. The van der Waals surface area contributed by atoms with Crippen LogP contribution in [0.2, 0.25) is 0 Å². The fourth-order valence-electron chi connectivity index (χ4n) is 2.75. The zero-order valence-corrected chi connectivity index (χ0v) is 15.5. The summed E-state index contributed by atoms with van der Waals surface area (Å²) in [7, 11) is 0. The highest BCUT2D eigenvalue weighted by atomic mass is 19.4. The number of rotatable bonds is 6. The van der Waals surface area contributed by atoms with Crippen LogP contribution in [-0.4, -0.2) is 27.2 Å². The summed E-state index contributed by atoms with van der Waals surface area (Å²) in [5.41, 5.74) is -0.739. The molecule has 0 aliphatic rings. The molecule has 0 aliphatic heterocycles. The highest BCUT2D eigenvalue weighted by Crippen LogP contribution is 2.33. The van der Waals surface area contributed by atoms with Crippen LogP contribution in [0.5, 0.6) is 0 Å². The van der Waals surface area contributed by atoms with Gasteiger partial charge >= 0.3 is 6.18 Å². The molecule has 0 saturated carbocycles. The highest BCUT2D eigenvalue weighted by Gasteiger charge is 2.31. The number of anilines is 1. The lowest BCUT2D eigenvalue weighted by atomic mass is 10.1. The Kier molecular flexibility index (Phi) is 6.11. The number of hydrogen-bond donors (Lipinski definition) is 2. The van der Waals surface area contributed by atoms with Gasteiger partial charge < -0.3 is 10.6 Å². The van der Waals surface area contributed by atoms with Crippen LogP contribution in [0.4, 0.5) is 27.6 Å². The first-order chi connectivity index (χ1) is 14.1. The van der Waals surface area contributed by atoms with Gasteiger partial charge in [-0.2, -0.15) is 18.3 Å². The number of halogens is 5. The Morgan fingerprint density at radius 1 is 1.17 bits per heavy atom. The SMILES string of the molecule is C[C@H](NCC(=O)Nc1cc(C(F)(F)F)ccc1-n1cncn1)c1ccc(F)cc1F. The number of aromatic nitrogens is 3. The van der Waals surface area contributed by atoms with Crippen LogP contribution in [0.15, 0.2) is 49.1 Å². The van der Waals surface area contributed by atoms with Crippen LogP contribution in [0, 0.1) is 11.6 Å². The lowest BCUT2D eigenvalue weighted by Gasteiger charge is -2.17. The van der Waals surface area contributed by atoms with Crippen molar-refractivity contribution < 1.29 is 26.7 Å². The van der Waals surface area contributed by atoms with Gasteiger partial charge in [0.25, 0.3) is 0 Å². The Morgan fingerprint density at radius 2 is 1.93 bits per heavy atom. The molecule has 0 saturated heterocycles. The summed E-state index contributed by atoms with van der Waals surface area (Å²) in [6, 6.07) is 5.23. The Balaban J connectivity index is 1.75.